The first-order chi connectivity index (χ1) is 16.5. The molecular formula is C27H27FN4OS. The minimum absolute atomic E-state index is 0.0709. The normalized spacial score (nSPS) is 11.9. The van der Waals surface area contributed by atoms with Crippen LogP contribution in [0.1, 0.15) is 47.6 Å². The minimum Gasteiger partial charge on any atom is -0.350 e. The second-order valence-corrected chi connectivity index (χ2v) is 9.06. The number of carbonyl (C=O) groups excluding carboxylic acids is 1. The monoisotopic (exact) mass is 474 g/mol. The quantitative estimate of drug-likeness (QED) is 0.311. The Kier molecular flexibility index (Phi) is 7.75. The number of hydrogen-bond acceptors (Lipinski definition) is 4. The molecule has 0 bridgehead atoms. The summed E-state index contributed by atoms with van der Waals surface area (Å²) >= 11 is 1.49. The first-order valence-corrected chi connectivity index (χ1v) is 12.3. The maximum Gasteiger partial charge on any atom is 0.251 e. The van der Waals surface area contributed by atoms with E-state index in [1.54, 1.807) is 16.7 Å². The number of benzene rings is 3. The lowest BCUT2D eigenvalue weighted by Crippen LogP contribution is -2.31. The number of nitrogens with zero attached hydrogens (tertiary/aromatic N) is 3. The molecule has 5 nitrogen and oxygen atoms in total. The summed E-state index contributed by atoms with van der Waals surface area (Å²) in [5.74, 6) is 0.898. The molecule has 1 amide bonds. The fourth-order valence-electron chi connectivity index (χ4n) is 3.47. The number of para-hydroxylation sites is 1. The van der Waals surface area contributed by atoms with E-state index in [-0.39, 0.29) is 17.8 Å². The molecule has 0 aliphatic heterocycles. The van der Waals surface area contributed by atoms with E-state index in [1.807, 2.05) is 74.5 Å². The molecule has 34 heavy (non-hydrogen) atoms. The van der Waals surface area contributed by atoms with Crippen LogP contribution in [0, 0.1) is 5.82 Å². The highest BCUT2D eigenvalue weighted by Crippen LogP contribution is 2.27. The van der Waals surface area contributed by atoms with E-state index in [9.17, 15) is 9.18 Å². The first kappa shape index (κ1) is 23.7. The van der Waals surface area contributed by atoms with Crippen LogP contribution in [0.5, 0.6) is 0 Å². The van der Waals surface area contributed by atoms with Gasteiger partial charge in [-0.1, -0.05) is 73.3 Å². The van der Waals surface area contributed by atoms with Crippen molar-refractivity contribution in [2.75, 3.05) is 0 Å². The number of rotatable bonds is 9. The zero-order valence-corrected chi connectivity index (χ0v) is 20.1. The van der Waals surface area contributed by atoms with Crippen molar-refractivity contribution in [1.82, 2.24) is 20.1 Å². The topological polar surface area (TPSA) is 59.8 Å². The highest BCUT2D eigenvalue weighted by atomic mass is 32.2. The predicted molar refractivity (Wildman–Crippen MR) is 134 cm³/mol. The first-order valence-electron chi connectivity index (χ1n) is 11.3. The van der Waals surface area contributed by atoms with Crippen LogP contribution in [0.3, 0.4) is 0 Å². The highest BCUT2D eigenvalue weighted by Gasteiger charge is 2.18. The van der Waals surface area contributed by atoms with Gasteiger partial charge >= 0.3 is 0 Å². The number of hydrogen-bond donors (Lipinski definition) is 1. The van der Waals surface area contributed by atoms with Crippen LogP contribution in [0.4, 0.5) is 4.39 Å². The van der Waals surface area contributed by atoms with Crippen LogP contribution >= 0.6 is 11.8 Å². The third-order valence-electron chi connectivity index (χ3n) is 5.57. The van der Waals surface area contributed by atoms with E-state index in [0.717, 1.165) is 17.5 Å². The van der Waals surface area contributed by atoms with Gasteiger partial charge in [0.25, 0.3) is 5.91 Å². The molecule has 0 unspecified atom stereocenters. The molecule has 174 valence electrons. The third kappa shape index (κ3) is 5.72. The van der Waals surface area contributed by atoms with Crippen molar-refractivity contribution in [1.29, 1.82) is 0 Å². The Bertz CT molecular complexity index is 1240. The fourth-order valence-corrected chi connectivity index (χ4v) is 4.39. The summed E-state index contributed by atoms with van der Waals surface area (Å²) in [6.45, 7) is 4.03. The smallest absolute Gasteiger partial charge is 0.251 e. The van der Waals surface area contributed by atoms with Gasteiger partial charge in [0.15, 0.2) is 5.16 Å². The Labute approximate surface area is 203 Å². The SMILES string of the molecule is CC[C@H](C)NC(=O)c1ccc(CSc2nnc(Cc3ccccc3)n2-c2ccccc2F)cc1. The molecule has 0 aliphatic rings. The summed E-state index contributed by atoms with van der Waals surface area (Å²) < 4.78 is 16.5. The molecule has 0 radical (unpaired) electrons. The van der Waals surface area contributed by atoms with E-state index in [2.05, 4.69) is 15.5 Å². The minimum atomic E-state index is -0.324. The van der Waals surface area contributed by atoms with Gasteiger partial charge in [0, 0.05) is 23.8 Å². The van der Waals surface area contributed by atoms with Gasteiger partial charge in [-0.15, -0.1) is 10.2 Å². The number of thioether (sulfide) groups is 1. The van der Waals surface area contributed by atoms with Crippen LogP contribution in [0.25, 0.3) is 5.69 Å². The van der Waals surface area contributed by atoms with Gasteiger partial charge in [0.2, 0.25) is 0 Å². The van der Waals surface area contributed by atoms with Crippen LogP contribution in [-0.4, -0.2) is 26.7 Å². The molecule has 4 aromatic rings. The fraction of sp³-hybridized carbons (Fsp3) is 0.222. The number of aromatic nitrogens is 3. The summed E-state index contributed by atoms with van der Waals surface area (Å²) in [7, 11) is 0. The van der Waals surface area contributed by atoms with Crippen LogP contribution in [0.2, 0.25) is 0 Å². The van der Waals surface area contributed by atoms with Crippen molar-refractivity contribution in [3.8, 4) is 5.69 Å². The van der Waals surface area contributed by atoms with Crippen molar-refractivity contribution in [2.24, 2.45) is 0 Å². The van der Waals surface area contributed by atoms with E-state index in [4.69, 9.17) is 0 Å². The Morgan fingerprint density at radius 2 is 1.68 bits per heavy atom. The van der Waals surface area contributed by atoms with Gasteiger partial charge in [-0.2, -0.15) is 0 Å². The highest BCUT2D eigenvalue weighted by molar-refractivity contribution is 7.98. The zero-order chi connectivity index (χ0) is 23.9. The van der Waals surface area contributed by atoms with Crippen molar-refractivity contribution in [3.05, 3.63) is 107 Å². The van der Waals surface area contributed by atoms with E-state index in [0.29, 0.717) is 34.4 Å². The second kappa shape index (κ2) is 11.1. The van der Waals surface area contributed by atoms with Crippen LogP contribution in [0.15, 0.2) is 84.0 Å². The Morgan fingerprint density at radius 1 is 0.971 bits per heavy atom. The summed E-state index contributed by atoms with van der Waals surface area (Å²) in [5.41, 5.74) is 3.18. The van der Waals surface area contributed by atoms with Crippen LogP contribution in [-0.2, 0) is 12.2 Å². The number of amides is 1. The maximum absolute atomic E-state index is 14.7. The molecule has 1 aromatic heterocycles. The molecule has 0 aliphatic carbocycles. The molecule has 1 atom stereocenters. The van der Waals surface area contributed by atoms with Gasteiger partial charge in [0.05, 0.1) is 5.69 Å². The summed E-state index contributed by atoms with van der Waals surface area (Å²) in [6, 6.07) is 24.3. The average Bonchev–Trinajstić information content (AvgIpc) is 3.25. The number of halogens is 1. The zero-order valence-electron chi connectivity index (χ0n) is 19.2. The Hall–Kier alpha value is -3.45. The molecule has 3 aromatic carbocycles. The Morgan fingerprint density at radius 3 is 2.38 bits per heavy atom. The van der Waals surface area contributed by atoms with E-state index in [1.165, 1.54) is 17.8 Å². The van der Waals surface area contributed by atoms with E-state index >= 15 is 0 Å². The molecule has 4 rings (SSSR count). The molecule has 1 N–H and O–H groups in total. The lowest BCUT2D eigenvalue weighted by Gasteiger charge is -2.12. The maximum atomic E-state index is 14.7. The molecule has 7 heteroatoms. The van der Waals surface area contributed by atoms with Gasteiger partial charge in [-0.3, -0.25) is 9.36 Å². The number of nitrogens with one attached hydrogen (secondary N) is 1. The van der Waals surface area contributed by atoms with Crippen molar-refractivity contribution >= 4 is 17.7 Å². The van der Waals surface area contributed by atoms with Gasteiger partial charge in [0.1, 0.15) is 11.6 Å². The molecule has 0 fully saturated rings. The molecule has 0 spiro atoms. The molecule has 0 saturated heterocycles. The van der Waals surface area contributed by atoms with Gasteiger partial charge in [-0.05, 0) is 48.7 Å². The third-order valence-corrected chi connectivity index (χ3v) is 6.57. The summed E-state index contributed by atoms with van der Waals surface area (Å²) in [6.07, 6.45) is 1.43. The van der Waals surface area contributed by atoms with Crippen LogP contribution < -0.4 is 5.32 Å². The number of carbonyl (C=O) groups is 1. The van der Waals surface area contributed by atoms with E-state index < -0.39 is 0 Å². The Balaban J connectivity index is 1.54. The van der Waals surface area contributed by atoms with Gasteiger partial charge in [-0.25, -0.2) is 4.39 Å². The molecule has 1 heterocycles. The second-order valence-electron chi connectivity index (χ2n) is 8.12. The van der Waals surface area contributed by atoms with Crippen molar-refractivity contribution in [2.45, 2.75) is 43.6 Å². The standard InChI is InChI=1S/C27H27FN4OS/c1-3-19(2)29-26(33)22-15-13-21(14-16-22)18-34-27-31-30-25(17-20-9-5-4-6-10-20)32(27)24-12-8-7-11-23(24)28/h4-16,19H,3,17-18H2,1-2H3,(H,29,33)/t19-/m0/s1. The summed E-state index contributed by atoms with van der Waals surface area (Å²) in [4.78, 5) is 12.3. The summed E-state index contributed by atoms with van der Waals surface area (Å²) in [5, 5.41) is 12.4. The molecule has 0 saturated carbocycles. The van der Waals surface area contributed by atoms with Crippen molar-refractivity contribution in [3.63, 3.8) is 0 Å². The predicted octanol–water partition coefficient (Wildman–Crippen LogP) is 5.82. The average molecular weight is 475 g/mol. The van der Waals surface area contributed by atoms with Gasteiger partial charge < -0.3 is 5.32 Å². The largest absolute Gasteiger partial charge is 0.350 e. The van der Waals surface area contributed by atoms with Crippen molar-refractivity contribution < 1.29 is 9.18 Å². The lowest BCUT2D eigenvalue weighted by atomic mass is 10.1. The lowest BCUT2D eigenvalue weighted by molar-refractivity contribution is 0.0939. The molecular weight excluding hydrogens is 447 g/mol.